The summed E-state index contributed by atoms with van der Waals surface area (Å²) in [6.45, 7) is 6.65. The minimum absolute atomic E-state index is 0.000391. The lowest BCUT2D eigenvalue weighted by atomic mass is 10.1. The number of aromatic nitrogens is 2. The summed E-state index contributed by atoms with van der Waals surface area (Å²) in [7, 11) is 3.52. The van der Waals surface area contributed by atoms with Crippen molar-refractivity contribution in [2.45, 2.75) is 33.2 Å². The molecule has 5 nitrogen and oxygen atoms in total. The van der Waals surface area contributed by atoms with Gasteiger partial charge in [-0.1, -0.05) is 12.1 Å². The minimum Gasteiger partial charge on any atom is -0.497 e. The Morgan fingerprint density at radius 1 is 1.43 bits per heavy atom. The maximum atomic E-state index is 12.7. The van der Waals surface area contributed by atoms with Gasteiger partial charge in [0.2, 0.25) is 5.91 Å². The summed E-state index contributed by atoms with van der Waals surface area (Å²) < 4.78 is 7.03. The number of hydrogen-bond acceptors (Lipinski definition) is 3. The van der Waals surface area contributed by atoms with Crippen molar-refractivity contribution in [1.29, 1.82) is 0 Å². The molecule has 124 valence electrons. The Morgan fingerprint density at radius 2 is 2.17 bits per heavy atom. The van der Waals surface area contributed by atoms with Gasteiger partial charge in [0.15, 0.2) is 0 Å². The number of methoxy groups -OCH3 is 1. The van der Waals surface area contributed by atoms with E-state index in [2.05, 4.69) is 5.10 Å². The van der Waals surface area contributed by atoms with Gasteiger partial charge < -0.3 is 9.64 Å². The van der Waals surface area contributed by atoms with Crippen LogP contribution in [0.15, 0.2) is 30.5 Å². The molecule has 1 aromatic carbocycles. The van der Waals surface area contributed by atoms with Crippen molar-refractivity contribution in [3.63, 3.8) is 0 Å². The van der Waals surface area contributed by atoms with E-state index < -0.39 is 0 Å². The van der Waals surface area contributed by atoms with Crippen LogP contribution in [0.1, 0.15) is 36.7 Å². The van der Waals surface area contributed by atoms with Crippen LogP contribution >= 0.6 is 0 Å². The molecule has 1 atom stereocenters. The fourth-order valence-electron chi connectivity index (χ4n) is 2.83. The van der Waals surface area contributed by atoms with Crippen LogP contribution in [0.4, 0.5) is 0 Å². The zero-order valence-electron chi connectivity index (χ0n) is 14.5. The molecule has 1 heterocycles. The third-order valence-electron chi connectivity index (χ3n) is 4.16. The third kappa shape index (κ3) is 3.92. The second-order valence-corrected chi connectivity index (χ2v) is 5.72. The number of carbonyl (C=O) groups is 1. The molecule has 2 rings (SSSR count). The molecule has 0 radical (unpaired) electrons. The summed E-state index contributed by atoms with van der Waals surface area (Å²) in [5.41, 5.74) is 2.96. The Bertz CT molecular complexity index is 679. The SMILES string of the molecule is CCN(C(=O)Cc1cn(C)nc1C)C(C)c1cccc(OC)c1. The Labute approximate surface area is 137 Å². The van der Waals surface area contributed by atoms with Crippen molar-refractivity contribution in [2.24, 2.45) is 7.05 Å². The number of ether oxygens (including phenoxy) is 1. The molecule has 0 fully saturated rings. The maximum absolute atomic E-state index is 12.7. The van der Waals surface area contributed by atoms with E-state index >= 15 is 0 Å². The number of aryl methyl sites for hydroxylation is 2. The van der Waals surface area contributed by atoms with Crippen LogP contribution < -0.4 is 4.74 Å². The van der Waals surface area contributed by atoms with Crippen LogP contribution in [0.2, 0.25) is 0 Å². The summed E-state index contributed by atoms with van der Waals surface area (Å²) in [5, 5.41) is 4.30. The molecule has 1 amide bonds. The Balaban J connectivity index is 2.17. The van der Waals surface area contributed by atoms with Gasteiger partial charge in [-0.2, -0.15) is 5.10 Å². The maximum Gasteiger partial charge on any atom is 0.227 e. The largest absolute Gasteiger partial charge is 0.497 e. The van der Waals surface area contributed by atoms with Gasteiger partial charge in [0.25, 0.3) is 0 Å². The van der Waals surface area contributed by atoms with Gasteiger partial charge in [-0.15, -0.1) is 0 Å². The predicted molar refractivity (Wildman–Crippen MR) is 90.4 cm³/mol. The van der Waals surface area contributed by atoms with E-state index in [9.17, 15) is 4.79 Å². The molecule has 0 aliphatic carbocycles. The fraction of sp³-hybridized carbons (Fsp3) is 0.444. The van der Waals surface area contributed by atoms with Gasteiger partial charge >= 0.3 is 0 Å². The van der Waals surface area contributed by atoms with Crippen molar-refractivity contribution in [1.82, 2.24) is 14.7 Å². The molecule has 0 aliphatic heterocycles. The Kier molecular flexibility index (Phi) is 5.42. The van der Waals surface area contributed by atoms with E-state index in [4.69, 9.17) is 4.74 Å². The summed E-state index contributed by atoms with van der Waals surface area (Å²) in [4.78, 5) is 14.6. The first-order chi connectivity index (χ1) is 11.0. The van der Waals surface area contributed by atoms with Gasteiger partial charge in [0.05, 0.1) is 25.3 Å². The molecule has 0 spiro atoms. The molecule has 0 aliphatic rings. The first-order valence-corrected chi connectivity index (χ1v) is 7.88. The highest BCUT2D eigenvalue weighted by Gasteiger charge is 2.21. The van der Waals surface area contributed by atoms with E-state index in [1.54, 1.807) is 11.8 Å². The number of likely N-dealkylation sites (N-methyl/N-ethyl adjacent to an activating group) is 1. The van der Waals surface area contributed by atoms with Gasteiger partial charge in [0.1, 0.15) is 5.75 Å². The van der Waals surface area contributed by atoms with Gasteiger partial charge in [-0.05, 0) is 38.5 Å². The highest BCUT2D eigenvalue weighted by Crippen LogP contribution is 2.24. The molecule has 2 aromatic rings. The van der Waals surface area contributed by atoms with Gasteiger partial charge in [0, 0.05) is 25.4 Å². The van der Waals surface area contributed by atoms with Crippen molar-refractivity contribution in [2.75, 3.05) is 13.7 Å². The average molecular weight is 315 g/mol. The van der Waals surface area contributed by atoms with Crippen molar-refractivity contribution < 1.29 is 9.53 Å². The second kappa shape index (κ2) is 7.31. The lowest BCUT2D eigenvalue weighted by Crippen LogP contribution is -2.34. The predicted octanol–water partition coefficient (Wildman–Crippen LogP) is 2.89. The molecule has 0 saturated heterocycles. The van der Waals surface area contributed by atoms with Crippen molar-refractivity contribution in [3.8, 4) is 5.75 Å². The van der Waals surface area contributed by atoms with E-state index in [1.807, 2.05) is 63.2 Å². The highest BCUT2D eigenvalue weighted by molar-refractivity contribution is 5.79. The number of hydrogen-bond donors (Lipinski definition) is 0. The first kappa shape index (κ1) is 17.1. The monoisotopic (exact) mass is 315 g/mol. The quantitative estimate of drug-likeness (QED) is 0.823. The topological polar surface area (TPSA) is 47.4 Å². The van der Waals surface area contributed by atoms with Crippen LogP contribution in [0.25, 0.3) is 0 Å². The highest BCUT2D eigenvalue weighted by atomic mass is 16.5. The third-order valence-corrected chi connectivity index (χ3v) is 4.16. The molecular formula is C18H25N3O2. The molecule has 0 bridgehead atoms. The normalized spacial score (nSPS) is 12.0. The van der Waals surface area contributed by atoms with E-state index in [-0.39, 0.29) is 11.9 Å². The number of carbonyl (C=O) groups excluding carboxylic acids is 1. The lowest BCUT2D eigenvalue weighted by molar-refractivity contribution is -0.132. The Hall–Kier alpha value is -2.30. The summed E-state index contributed by atoms with van der Waals surface area (Å²) in [6.07, 6.45) is 2.29. The Morgan fingerprint density at radius 3 is 2.74 bits per heavy atom. The molecule has 23 heavy (non-hydrogen) atoms. The van der Waals surface area contributed by atoms with E-state index in [0.717, 1.165) is 22.6 Å². The van der Waals surface area contributed by atoms with Gasteiger partial charge in [-0.25, -0.2) is 0 Å². The minimum atomic E-state index is -0.000391. The van der Waals surface area contributed by atoms with E-state index in [1.165, 1.54) is 0 Å². The van der Waals surface area contributed by atoms with Crippen LogP contribution in [0, 0.1) is 6.92 Å². The number of benzene rings is 1. The zero-order chi connectivity index (χ0) is 17.0. The smallest absolute Gasteiger partial charge is 0.227 e. The zero-order valence-corrected chi connectivity index (χ0v) is 14.5. The van der Waals surface area contributed by atoms with Crippen LogP contribution in [0.5, 0.6) is 5.75 Å². The molecule has 1 aromatic heterocycles. The van der Waals surface area contributed by atoms with Crippen LogP contribution in [-0.4, -0.2) is 34.2 Å². The second-order valence-electron chi connectivity index (χ2n) is 5.72. The number of amides is 1. The standard InChI is InChI=1S/C18H25N3O2/c1-6-21(14(3)15-8-7-9-17(10-15)23-5)18(22)11-16-12-20(4)19-13(16)2/h7-10,12,14H,6,11H2,1-5H3. The molecular weight excluding hydrogens is 290 g/mol. The lowest BCUT2D eigenvalue weighted by Gasteiger charge is -2.28. The first-order valence-electron chi connectivity index (χ1n) is 7.88. The van der Waals surface area contributed by atoms with Crippen molar-refractivity contribution >= 4 is 5.91 Å². The average Bonchev–Trinajstić information content (AvgIpc) is 2.85. The molecule has 5 heteroatoms. The molecule has 0 N–H and O–H groups in total. The van der Waals surface area contributed by atoms with E-state index in [0.29, 0.717) is 13.0 Å². The summed E-state index contributed by atoms with van der Waals surface area (Å²) >= 11 is 0. The number of nitrogens with zero attached hydrogens (tertiary/aromatic N) is 3. The summed E-state index contributed by atoms with van der Waals surface area (Å²) in [5.74, 6) is 0.917. The molecule has 1 unspecified atom stereocenters. The molecule has 0 saturated carbocycles. The van der Waals surface area contributed by atoms with Crippen LogP contribution in [0.3, 0.4) is 0 Å². The fourth-order valence-corrected chi connectivity index (χ4v) is 2.83. The van der Waals surface area contributed by atoms with Gasteiger partial charge in [-0.3, -0.25) is 9.48 Å². The summed E-state index contributed by atoms with van der Waals surface area (Å²) in [6, 6.07) is 7.87. The van der Waals surface area contributed by atoms with Crippen LogP contribution in [-0.2, 0) is 18.3 Å². The van der Waals surface area contributed by atoms with Crippen molar-refractivity contribution in [3.05, 3.63) is 47.3 Å². The number of rotatable bonds is 6.